The molecule has 7 heteroatoms. The minimum absolute atomic E-state index is 0.0716. The van der Waals surface area contributed by atoms with E-state index in [1.165, 1.54) is 0 Å². The number of hydrogen-bond donors (Lipinski definition) is 0. The van der Waals surface area contributed by atoms with Crippen LogP contribution in [-0.4, -0.2) is 48.7 Å². The number of benzene rings is 1. The van der Waals surface area contributed by atoms with E-state index in [1.807, 2.05) is 52.0 Å². The molecular weight excluding hydrogens is 370 g/mol. The first-order chi connectivity index (χ1) is 13.7. The van der Waals surface area contributed by atoms with Gasteiger partial charge in [0, 0.05) is 25.3 Å². The van der Waals surface area contributed by atoms with Crippen molar-refractivity contribution in [2.75, 3.05) is 31.1 Å². The molecule has 1 heterocycles. The molecule has 2 rings (SSSR count). The molecule has 0 N–H and O–H groups in total. The predicted molar refractivity (Wildman–Crippen MR) is 111 cm³/mol. The number of carbonyl (C=O) groups is 2. The van der Waals surface area contributed by atoms with Crippen molar-refractivity contribution in [1.82, 2.24) is 4.90 Å². The van der Waals surface area contributed by atoms with Crippen molar-refractivity contribution >= 4 is 17.7 Å². The SMILES string of the molecule is CCOc1ccc(N(CCC#N)C(=O)C2CCCN(C(=O)OC(C)(C)C)C2)cc1. The Balaban J connectivity index is 2.13. The minimum atomic E-state index is -0.574. The third-order valence-corrected chi connectivity index (χ3v) is 4.59. The summed E-state index contributed by atoms with van der Waals surface area (Å²) in [4.78, 5) is 28.9. The molecule has 1 atom stereocenters. The van der Waals surface area contributed by atoms with Gasteiger partial charge in [-0.05, 0) is 64.8 Å². The van der Waals surface area contributed by atoms with Crippen molar-refractivity contribution in [3.63, 3.8) is 0 Å². The molecule has 7 nitrogen and oxygen atoms in total. The summed E-state index contributed by atoms with van der Waals surface area (Å²) in [6.07, 6.45) is 1.30. The van der Waals surface area contributed by atoms with Gasteiger partial charge in [-0.15, -0.1) is 0 Å². The third-order valence-electron chi connectivity index (χ3n) is 4.59. The summed E-state index contributed by atoms with van der Waals surface area (Å²) in [6, 6.07) is 9.40. The fraction of sp³-hybridized carbons (Fsp3) is 0.591. The molecule has 2 amide bonds. The zero-order valence-electron chi connectivity index (χ0n) is 17.8. The summed E-state index contributed by atoms with van der Waals surface area (Å²) in [5, 5.41) is 9.01. The van der Waals surface area contributed by atoms with Crippen LogP contribution < -0.4 is 9.64 Å². The molecule has 0 radical (unpaired) electrons. The maximum Gasteiger partial charge on any atom is 0.410 e. The number of anilines is 1. The van der Waals surface area contributed by atoms with E-state index in [9.17, 15) is 9.59 Å². The fourth-order valence-electron chi connectivity index (χ4n) is 3.31. The molecule has 0 saturated carbocycles. The number of rotatable bonds is 6. The first-order valence-electron chi connectivity index (χ1n) is 10.1. The number of amides is 2. The van der Waals surface area contributed by atoms with Crippen LogP contribution >= 0.6 is 0 Å². The van der Waals surface area contributed by atoms with Crippen molar-refractivity contribution < 1.29 is 19.1 Å². The molecule has 1 aliphatic rings. The van der Waals surface area contributed by atoms with Crippen LogP contribution in [-0.2, 0) is 9.53 Å². The smallest absolute Gasteiger partial charge is 0.410 e. The fourth-order valence-corrected chi connectivity index (χ4v) is 3.31. The maximum absolute atomic E-state index is 13.3. The van der Waals surface area contributed by atoms with E-state index in [0.29, 0.717) is 32.7 Å². The van der Waals surface area contributed by atoms with Crippen molar-refractivity contribution in [3.8, 4) is 11.8 Å². The van der Waals surface area contributed by atoms with E-state index in [1.54, 1.807) is 9.80 Å². The van der Waals surface area contributed by atoms with Crippen LogP contribution in [0.4, 0.5) is 10.5 Å². The Hall–Kier alpha value is -2.75. The van der Waals surface area contributed by atoms with Crippen LogP contribution in [0.1, 0.15) is 47.0 Å². The third kappa shape index (κ3) is 6.67. The normalized spacial score (nSPS) is 16.7. The van der Waals surface area contributed by atoms with Crippen LogP contribution in [0.5, 0.6) is 5.75 Å². The summed E-state index contributed by atoms with van der Waals surface area (Å²) in [6.45, 7) is 9.18. The standard InChI is InChI=1S/C22H31N3O4/c1-5-28-19-11-9-18(10-12-19)25(15-7-13-23)20(26)17-8-6-14-24(16-17)21(27)29-22(2,3)4/h9-12,17H,5-8,14-16H2,1-4H3. The van der Waals surface area contributed by atoms with E-state index in [4.69, 9.17) is 14.7 Å². The van der Waals surface area contributed by atoms with E-state index >= 15 is 0 Å². The summed E-state index contributed by atoms with van der Waals surface area (Å²) < 4.78 is 10.9. The summed E-state index contributed by atoms with van der Waals surface area (Å²) >= 11 is 0. The minimum Gasteiger partial charge on any atom is -0.494 e. The Bertz CT molecular complexity index is 734. The van der Waals surface area contributed by atoms with E-state index in [-0.39, 0.29) is 24.3 Å². The Kier molecular flexibility index (Phi) is 7.89. The average molecular weight is 402 g/mol. The molecular formula is C22H31N3O4. The Morgan fingerprint density at radius 2 is 1.97 bits per heavy atom. The second-order valence-electron chi connectivity index (χ2n) is 8.09. The first kappa shape index (κ1) is 22.5. The van der Waals surface area contributed by atoms with E-state index in [0.717, 1.165) is 17.9 Å². The molecule has 1 aromatic rings. The highest BCUT2D eigenvalue weighted by Crippen LogP contribution is 2.26. The van der Waals surface area contributed by atoms with Crippen LogP contribution in [0.2, 0.25) is 0 Å². The number of carbonyl (C=O) groups excluding carboxylic acids is 2. The predicted octanol–water partition coefficient (Wildman–Crippen LogP) is 3.98. The molecule has 0 aliphatic carbocycles. The molecule has 29 heavy (non-hydrogen) atoms. The van der Waals surface area contributed by atoms with E-state index in [2.05, 4.69) is 6.07 Å². The molecule has 1 unspecified atom stereocenters. The molecule has 158 valence electrons. The summed E-state index contributed by atoms with van der Waals surface area (Å²) in [5.41, 5.74) is 0.151. The molecule has 1 aromatic carbocycles. The Labute approximate surface area is 173 Å². The highest BCUT2D eigenvalue weighted by Gasteiger charge is 2.33. The van der Waals surface area contributed by atoms with Gasteiger partial charge in [0.15, 0.2) is 0 Å². The van der Waals surface area contributed by atoms with Crippen molar-refractivity contribution in [2.24, 2.45) is 5.92 Å². The maximum atomic E-state index is 13.3. The molecule has 0 aromatic heterocycles. The molecule has 1 saturated heterocycles. The molecule has 1 fully saturated rings. The van der Waals surface area contributed by atoms with Gasteiger partial charge < -0.3 is 19.3 Å². The Morgan fingerprint density at radius 1 is 1.28 bits per heavy atom. The summed E-state index contributed by atoms with van der Waals surface area (Å²) in [7, 11) is 0. The Morgan fingerprint density at radius 3 is 2.55 bits per heavy atom. The van der Waals surface area contributed by atoms with Gasteiger partial charge >= 0.3 is 6.09 Å². The van der Waals surface area contributed by atoms with Gasteiger partial charge in [-0.1, -0.05) is 0 Å². The quantitative estimate of drug-likeness (QED) is 0.720. The second-order valence-corrected chi connectivity index (χ2v) is 8.09. The van der Waals surface area contributed by atoms with E-state index < -0.39 is 5.60 Å². The average Bonchev–Trinajstić information content (AvgIpc) is 2.68. The number of nitriles is 1. The van der Waals surface area contributed by atoms with Crippen LogP contribution in [0.15, 0.2) is 24.3 Å². The largest absolute Gasteiger partial charge is 0.494 e. The van der Waals surface area contributed by atoms with Gasteiger partial charge in [-0.2, -0.15) is 5.26 Å². The lowest BCUT2D eigenvalue weighted by Gasteiger charge is -2.35. The van der Waals surface area contributed by atoms with Gasteiger partial charge in [0.2, 0.25) is 5.91 Å². The number of nitrogens with zero attached hydrogens (tertiary/aromatic N) is 3. The monoisotopic (exact) mass is 401 g/mol. The number of hydrogen-bond acceptors (Lipinski definition) is 5. The van der Waals surface area contributed by atoms with Crippen LogP contribution in [0.3, 0.4) is 0 Å². The van der Waals surface area contributed by atoms with Crippen molar-refractivity contribution in [3.05, 3.63) is 24.3 Å². The summed E-state index contributed by atoms with van der Waals surface area (Å²) in [5.74, 6) is 0.344. The first-order valence-corrected chi connectivity index (χ1v) is 10.1. The topological polar surface area (TPSA) is 82.9 Å². The zero-order chi connectivity index (χ0) is 21.4. The van der Waals surface area contributed by atoms with Crippen LogP contribution in [0.25, 0.3) is 0 Å². The van der Waals surface area contributed by atoms with Gasteiger partial charge in [0.05, 0.1) is 25.0 Å². The van der Waals surface area contributed by atoms with Gasteiger partial charge in [0.25, 0.3) is 0 Å². The molecule has 0 spiro atoms. The highest BCUT2D eigenvalue weighted by atomic mass is 16.6. The van der Waals surface area contributed by atoms with Crippen molar-refractivity contribution in [1.29, 1.82) is 5.26 Å². The molecule has 1 aliphatic heterocycles. The van der Waals surface area contributed by atoms with Gasteiger partial charge in [0.1, 0.15) is 11.4 Å². The lowest BCUT2D eigenvalue weighted by Crippen LogP contribution is -2.48. The lowest BCUT2D eigenvalue weighted by molar-refractivity contribution is -0.123. The van der Waals surface area contributed by atoms with Crippen molar-refractivity contribution in [2.45, 2.75) is 52.6 Å². The second kappa shape index (κ2) is 10.1. The number of likely N-dealkylation sites (tertiary alicyclic amines) is 1. The molecule has 0 bridgehead atoms. The van der Waals surface area contributed by atoms with Crippen LogP contribution in [0, 0.1) is 17.2 Å². The van der Waals surface area contributed by atoms with Gasteiger partial charge in [-0.3, -0.25) is 4.79 Å². The van der Waals surface area contributed by atoms with Gasteiger partial charge in [-0.25, -0.2) is 4.79 Å². The highest BCUT2D eigenvalue weighted by molar-refractivity contribution is 5.95. The lowest BCUT2D eigenvalue weighted by atomic mass is 9.96. The number of ether oxygens (including phenoxy) is 2. The zero-order valence-corrected chi connectivity index (χ0v) is 17.8. The number of piperidine rings is 1.